The Hall–Kier alpha value is -1.89. The van der Waals surface area contributed by atoms with Crippen molar-refractivity contribution in [3.63, 3.8) is 0 Å². The lowest BCUT2D eigenvalue weighted by molar-refractivity contribution is 0.0768. The highest BCUT2D eigenvalue weighted by Gasteiger charge is 2.22. The van der Waals surface area contributed by atoms with Gasteiger partial charge in [0.05, 0.1) is 5.56 Å². The number of benzene rings is 1. The molecule has 1 aromatic carbocycles. The first-order valence-corrected chi connectivity index (χ1v) is 10.1. The van der Waals surface area contributed by atoms with Gasteiger partial charge in [-0.3, -0.25) is 9.59 Å². The molecule has 1 fully saturated rings. The third kappa shape index (κ3) is 4.34. The Labute approximate surface area is 169 Å². The van der Waals surface area contributed by atoms with Crippen molar-refractivity contribution >= 4 is 40.6 Å². The van der Waals surface area contributed by atoms with Gasteiger partial charge in [0, 0.05) is 25.2 Å². The number of anilines is 1. The van der Waals surface area contributed by atoms with E-state index >= 15 is 0 Å². The van der Waals surface area contributed by atoms with Crippen molar-refractivity contribution in [2.75, 3.05) is 31.5 Å². The third-order valence-electron chi connectivity index (χ3n) is 5.11. The quantitative estimate of drug-likeness (QED) is 0.823. The smallest absolute Gasteiger partial charge is 0.256 e. The summed E-state index contributed by atoms with van der Waals surface area (Å²) in [5.74, 6) is -0.145. The van der Waals surface area contributed by atoms with E-state index in [0.29, 0.717) is 22.7 Å². The molecule has 27 heavy (non-hydrogen) atoms. The van der Waals surface area contributed by atoms with Crippen molar-refractivity contribution in [2.45, 2.75) is 25.7 Å². The average Bonchev–Trinajstić information content (AvgIpc) is 3.22. The van der Waals surface area contributed by atoms with Gasteiger partial charge in [0.2, 0.25) is 0 Å². The predicted octanol–water partition coefficient (Wildman–Crippen LogP) is 3.35. The van der Waals surface area contributed by atoms with Gasteiger partial charge >= 0.3 is 0 Å². The molecule has 1 aromatic heterocycles. The fourth-order valence-electron chi connectivity index (χ4n) is 3.68. The summed E-state index contributed by atoms with van der Waals surface area (Å²) in [7, 11) is 0. The molecule has 0 radical (unpaired) electrons. The molecule has 0 unspecified atom stereocenters. The molecule has 1 saturated heterocycles. The molecule has 1 aliphatic heterocycles. The van der Waals surface area contributed by atoms with Crippen LogP contribution in [0.15, 0.2) is 29.6 Å². The first-order valence-electron chi connectivity index (χ1n) is 9.23. The zero-order chi connectivity index (χ0) is 17.9. The zero-order valence-electron chi connectivity index (χ0n) is 15.1. The second-order valence-corrected chi connectivity index (χ2v) is 7.77. The van der Waals surface area contributed by atoms with E-state index in [1.165, 1.54) is 22.5 Å². The number of nitrogens with one attached hydrogen (secondary N) is 2. The molecule has 2 N–H and O–H groups in total. The van der Waals surface area contributed by atoms with Gasteiger partial charge in [-0.05, 0) is 66.9 Å². The Morgan fingerprint density at radius 3 is 2.78 bits per heavy atom. The fraction of sp³-hybridized carbons (Fsp3) is 0.400. The highest BCUT2D eigenvalue weighted by Crippen LogP contribution is 2.27. The third-order valence-corrected chi connectivity index (χ3v) is 5.94. The van der Waals surface area contributed by atoms with E-state index in [-0.39, 0.29) is 24.2 Å². The summed E-state index contributed by atoms with van der Waals surface area (Å²) < 4.78 is 0. The number of carbonyl (C=O) groups excluding carboxylic acids is 2. The number of hydrogen-bond donors (Lipinski definition) is 2. The minimum atomic E-state index is -0.145. The molecule has 2 amide bonds. The molecule has 0 atom stereocenters. The highest BCUT2D eigenvalue weighted by molar-refractivity contribution is 7.14. The van der Waals surface area contributed by atoms with Crippen LogP contribution in [-0.4, -0.2) is 42.9 Å². The van der Waals surface area contributed by atoms with E-state index in [2.05, 4.69) is 16.7 Å². The molecule has 0 saturated carbocycles. The van der Waals surface area contributed by atoms with Gasteiger partial charge in [-0.1, -0.05) is 6.07 Å². The lowest BCUT2D eigenvalue weighted by Crippen LogP contribution is -2.34. The van der Waals surface area contributed by atoms with Gasteiger partial charge in [-0.2, -0.15) is 0 Å². The van der Waals surface area contributed by atoms with E-state index in [1.807, 2.05) is 28.5 Å². The number of aryl methyl sites for hydroxylation is 2. The predicted molar refractivity (Wildman–Crippen MR) is 111 cm³/mol. The summed E-state index contributed by atoms with van der Waals surface area (Å²) in [5.41, 5.74) is 3.88. The first-order chi connectivity index (χ1) is 12.7. The molecule has 1 aliphatic carbocycles. The monoisotopic (exact) mass is 405 g/mol. The van der Waals surface area contributed by atoms with Crippen molar-refractivity contribution in [3.05, 3.63) is 51.9 Å². The summed E-state index contributed by atoms with van der Waals surface area (Å²) in [5, 5.41) is 8.75. The number of nitrogens with zero attached hydrogens (tertiary/aromatic N) is 1. The SMILES string of the molecule is Cl.O=C(Nc1sccc1C(=O)N1CCCNCC1)c1ccc2c(c1)CCC2. The van der Waals surface area contributed by atoms with Crippen LogP contribution < -0.4 is 10.6 Å². The lowest BCUT2D eigenvalue weighted by atomic mass is 10.1. The molecule has 0 spiro atoms. The molecule has 7 heteroatoms. The van der Waals surface area contributed by atoms with Gasteiger partial charge in [0.1, 0.15) is 5.00 Å². The summed E-state index contributed by atoms with van der Waals surface area (Å²) in [6.07, 6.45) is 4.26. The van der Waals surface area contributed by atoms with Crippen LogP contribution in [0.1, 0.15) is 44.7 Å². The largest absolute Gasteiger partial charge is 0.337 e. The lowest BCUT2D eigenvalue weighted by Gasteiger charge is -2.20. The Balaban J connectivity index is 0.00000210. The molecule has 5 nitrogen and oxygen atoms in total. The van der Waals surface area contributed by atoms with Gasteiger partial charge < -0.3 is 15.5 Å². The number of carbonyl (C=O) groups is 2. The molecule has 2 aromatic rings. The number of halogens is 1. The average molecular weight is 406 g/mol. The Bertz CT molecular complexity index is 828. The summed E-state index contributed by atoms with van der Waals surface area (Å²) >= 11 is 1.40. The van der Waals surface area contributed by atoms with Crippen LogP contribution in [0, 0.1) is 0 Å². The van der Waals surface area contributed by atoms with Crippen molar-refractivity contribution < 1.29 is 9.59 Å². The van der Waals surface area contributed by atoms with Crippen LogP contribution in [0.4, 0.5) is 5.00 Å². The van der Waals surface area contributed by atoms with Crippen molar-refractivity contribution in [1.82, 2.24) is 10.2 Å². The highest BCUT2D eigenvalue weighted by atomic mass is 35.5. The summed E-state index contributed by atoms with van der Waals surface area (Å²) in [4.78, 5) is 27.4. The minimum absolute atomic E-state index is 0. The van der Waals surface area contributed by atoms with Crippen LogP contribution in [0.3, 0.4) is 0 Å². The minimum Gasteiger partial charge on any atom is -0.337 e. The summed E-state index contributed by atoms with van der Waals surface area (Å²) in [6, 6.07) is 7.74. The number of hydrogen-bond acceptors (Lipinski definition) is 4. The van der Waals surface area contributed by atoms with E-state index < -0.39 is 0 Å². The Morgan fingerprint density at radius 1 is 1.04 bits per heavy atom. The van der Waals surface area contributed by atoms with Crippen molar-refractivity contribution in [2.24, 2.45) is 0 Å². The molecule has 144 valence electrons. The maximum absolute atomic E-state index is 12.9. The number of rotatable bonds is 3. The topological polar surface area (TPSA) is 61.4 Å². The van der Waals surface area contributed by atoms with E-state index in [1.54, 1.807) is 0 Å². The normalized spacial score (nSPS) is 16.2. The maximum Gasteiger partial charge on any atom is 0.256 e. The standard InChI is InChI=1S/C20H23N3O2S.ClH/c24-18(16-6-5-14-3-1-4-15(14)13-16)22-19-17(7-12-26-19)20(25)23-10-2-8-21-9-11-23;/h5-7,12-13,21H,1-4,8-11H2,(H,22,24);1H. The molecule has 2 aliphatic rings. The van der Waals surface area contributed by atoms with Crippen LogP contribution in [0.25, 0.3) is 0 Å². The molecule has 0 bridgehead atoms. The van der Waals surface area contributed by atoms with Crippen molar-refractivity contribution in [3.8, 4) is 0 Å². The molecular weight excluding hydrogens is 382 g/mol. The van der Waals surface area contributed by atoms with Crippen LogP contribution >= 0.6 is 23.7 Å². The number of fused-ring (bicyclic) bond motifs is 1. The van der Waals surface area contributed by atoms with Crippen molar-refractivity contribution in [1.29, 1.82) is 0 Å². The number of amides is 2. The van der Waals surface area contributed by atoms with Gasteiger partial charge in [-0.25, -0.2) is 0 Å². The maximum atomic E-state index is 12.9. The fourth-order valence-corrected chi connectivity index (χ4v) is 4.46. The Morgan fingerprint density at radius 2 is 1.89 bits per heavy atom. The van der Waals surface area contributed by atoms with Gasteiger partial charge in [0.25, 0.3) is 11.8 Å². The van der Waals surface area contributed by atoms with Crippen LogP contribution in [0.2, 0.25) is 0 Å². The molecular formula is C20H24ClN3O2S. The van der Waals surface area contributed by atoms with E-state index in [4.69, 9.17) is 0 Å². The van der Waals surface area contributed by atoms with Gasteiger partial charge in [-0.15, -0.1) is 23.7 Å². The Kier molecular flexibility index (Phi) is 6.52. The van der Waals surface area contributed by atoms with E-state index in [9.17, 15) is 9.59 Å². The summed E-state index contributed by atoms with van der Waals surface area (Å²) in [6.45, 7) is 3.20. The van der Waals surface area contributed by atoms with Gasteiger partial charge in [0.15, 0.2) is 0 Å². The zero-order valence-corrected chi connectivity index (χ0v) is 16.8. The van der Waals surface area contributed by atoms with Crippen LogP contribution in [0.5, 0.6) is 0 Å². The first kappa shape index (κ1) is 19.9. The molecule has 4 rings (SSSR count). The molecule has 2 heterocycles. The second-order valence-electron chi connectivity index (χ2n) is 6.85. The van der Waals surface area contributed by atoms with Crippen LogP contribution in [-0.2, 0) is 12.8 Å². The number of thiophene rings is 1. The second kappa shape index (κ2) is 8.87. The van der Waals surface area contributed by atoms with E-state index in [0.717, 1.165) is 45.3 Å².